The highest BCUT2D eigenvalue weighted by atomic mass is 35.5. The lowest BCUT2D eigenvalue weighted by atomic mass is 10.2. The first-order valence-corrected chi connectivity index (χ1v) is 13.1. The number of hydrogen-bond donors (Lipinski definition) is 0. The van der Waals surface area contributed by atoms with Crippen LogP contribution in [0.25, 0.3) is 0 Å². The highest BCUT2D eigenvalue weighted by Crippen LogP contribution is 2.33. The summed E-state index contributed by atoms with van der Waals surface area (Å²) >= 11 is 19.6. The molecule has 0 fully saturated rings. The van der Waals surface area contributed by atoms with Gasteiger partial charge in [0.15, 0.2) is 5.13 Å². The molecule has 2 amide bonds. The van der Waals surface area contributed by atoms with Gasteiger partial charge in [0.05, 0.1) is 16.3 Å². The van der Waals surface area contributed by atoms with E-state index in [4.69, 9.17) is 34.8 Å². The number of likely N-dealkylation sites (N-methyl/N-ethyl adjacent to an activating group) is 1. The molecule has 2 heterocycles. The van der Waals surface area contributed by atoms with Crippen molar-refractivity contribution in [2.24, 2.45) is 0 Å². The SMILES string of the molecule is CCN(CCc1ccccn1)C(=O)c1csc(N(C(=O)c2ccc(Cl)cc2Cl)c2ccc(Cl)cc2)n1. The molecule has 0 saturated carbocycles. The van der Waals surface area contributed by atoms with Gasteiger partial charge in [-0.3, -0.25) is 19.5 Å². The van der Waals surface area contributed by atoms with E-state index in [9.17, 15) is 9.59 Å². The molecule has 36 heavy (non-hydrogen) atoms. The molecular formula is C26H21Cl3N4O2S. The predicted octanol–water partition coefficient (Wildman–Crippen LogP) is 7.18. The van der Waals surface area contributed by atoms with E-state index >= 15 is 0 Å². The summed E-state index contributed by atoms with van der Waals surface area (Å²) in [7, 11) is 0. The molecule has 0 aliphatic heterocycles. The summed E-state index contributed by atoms with van der Waals surface area (Å²) in [5.41, 5.74) is 1.95. The number of rotatable bonds is 8. The van der Waals surface area contributed by atoms with Crippen LogP contribution in [0.3, 0.4) is 0 Å². The molecule has 4 aromatic rings. The number of carbonyl (C=O) groups excluding carboxylic acids is 2. The second kappa shape index (κ2) is 11.8. The standard InChI is InChI=1S/C26H21Cl3N4O2S/c1-2-32(14-12-19-5-3-4-13-30-19)25(35)23-16-36-26(31-23)33(20-9-6-17(27)7-10-20)24(34)21-11-8-18(28)15-22(21)29/h3-11,13,15-16H,2,12,14H2,1H3. The normalized spacial score (nSPS) is 10.8. The molecule has 0 N–H and O–H groups in total. The first kappa shape index (κ1) is 26.1. The van der Waals surface area contributed by atoms with Gasteiger partial charge in [-0.1, -0.05) is 40.9 Å². The molecule has 0 radical (unpaired) electrons. The maximum Gasteiger partial charge on any atom is 0.273 e. The van der Waals surface area contributed by atoms with Gasteiger partial charge in [-0.2, -0.15) is 0 Å². The van der Waals surface area contributed by atoms with Crippen LogP contribution in [0.5, 0.6) is 0 Å². The molecule has 0 bridgehead atoms. The fourth-order valence-electron chi connectivity index (χ4n) is 3.51. The van der Waals surface area contributed by atoms with Crippen molar-refractivity contribution in [3.63, 3.8) is 0 Å². The average Bonchev–Trinajstić information content (AvgIpc) is 3.36. The minimum absolute atomic E-state index is 0.214. The van der Waals surface area contributed by atoms with E-state index in [1.807, 2.05) is 25.1 Å². The third kappa shape index (κ3) is 6.05. The third-order valence-corrected chi connectivity index (χ3v) is 7.01. The van der Waals surface area contributed by atoms with E-state index in [0.29, 0.717) is 40.4 Å². The summed E-state index contributed by atoms with van der Waals surface area (Å²) in [6.45, 7) is 2.92. The molecule has 0 aliphatic rings. The monoisotopic (exact) mass is 558 g/mol. The third-order valence-electron chi connectivity index (χ3n) is 5.38. The number of carbonyl (C=O) groups is 2. The average molecular weight is 560 g/mol. The van der Waals surface area contributed by atoms with Crippen molar-refractivity contribution >= 4 is 68.8 Å². The van der Waals surface area contributed by atoms with Crippen molar-refractivity contribution in [1.29, 1.82) is 0 Å². The van der Waals surface area contributed by atoms with E-state index in [0.717, 1.165) is 5.69 Å². The Morgan fingerprint density at radius 2 is 1.69 bits per heavy atom. The number of halogens is 3. The number of hydrogen-bond acceptors (Lipinski definition) is 5. The molecule has 0 aliphatic carbocycles. The molecule has 0 unspecified atom stereocenters. The maximum atomic E-state index is 13.6. The number of pyridine rings is 1. The Hall–Kier alpha value is -2.97. The Bertz CT molecular complexity index is 1360. The van der Waals surface area contributed by atoms with Crippen LogP contribution in [0.1, 0.15) is 33.5 Å². The van der Waals surface area contributed by atoms with Gasteiger partial charge in [0, 0.05) is 46.8 Å². The lowest BCUT2D eigenvalue weighted by Crippen LogP contribution is -2.33. The molecule has 6 nitrogen and oxygen atoms in total. The fourth-order valence-corrected chi connectivity index (χ4v) is 4.94. The van der Waals surface area contributed by atoms with Crippen LogP contribution in [0.15, 0.2) is 72.2 Å². The minimum Gasteiger partial charge on any atom is -0.337 e. The fraction of sp³-hybridized carbons (Fsp3) is 0.154. The van der Waals surface area contributed by atoms with Crippen LogP contribution in [0, 0.1) is 0 Å². The van der Waals surface area contributed by atoms with E-state index in [-0.39, 0.29) is 22.2 Å². The lowest BCUT2D eigenvalue weighted by molar-refractivity contribution is 0.0760. The Morgan fingerprint density at radius 1 is 0.944 bits per heavy atom. The molecule has 4 rings (SSSR count). The predicted molar refractivity (Wildman–Crippen MR) is 146 cm³/mol. The molecule has 2 aromatic carbocycles. The van der Waals surface area contributed by atoms with Crippen LogP contribution in [-0.2, 0) is 6.42 Å². The zero-order valence-corrected chi connectivity index (χ0v) is 22.3. The molecular weight excluding hydrogens is 539 g/mol. The van der Waals surface area contributed by atoms with Gasteiger partial charge in [0.2, 0.25) is 0 Å². The number of aromatic nitrogens is 2. The zero-order valence-electron chi connectivity index (χ0n) is 19.2. The molecule has 0 atom stereocenters. The minimum atomic E-state index is -0.408. The van der Waals surface area contributed by atoms with Crippen LogP contribution >= 0.6 is 46.1 Å². The highest BCUT2D eigenvalue weighted by molar-refractivity contribution is 7.14. The smallest absolute Gasteiger partial charge is 0.273 e. The molecule has 0 spiro atoms. The summed E-state index contributed by atoms with van der Waals surface area (Å²) < 4.78 is 0. The first-order chi connectivity index (χ1) is 17.4. The van der Waals surface area contributed by atoms with Crippen molar-refractivity contribution in [1.82, 2.24) is 14.9 Å². The summed E-state index contributed by atoms with van der Waals surface area (Å²) in [4.78, 5) is 38.8. The van der Waals surface area contributed by atoms with Gasteiger partial charge in [-0.05, 0) is 61.5 Å². The van der Waals surface area contributed by atoms with E-state index in [1.54, 1.807) is 52.9 Å². The summed E-state index contributed by atoms with van der Waals surface area (Å²) in [5.74, 6) is -0.626. The van der Waals surface area contributed by atoms with Gasteiger partial charge < -0.3 is 4.90 Å². The topological polar surface area (TPSA) is 66.4 Å². The maximum absolute atomic E-state index is 13.6. The van der Waals surface area contributed by atoms with Crippen molar-refractivity contribution in [3.05, 3.63) is 104 Å². The molecule has 2 aromatic heterocycles. The second-order valence-electron chi connectivity index (χ2n) is 7.71. The van der Waals surface area contributed by atoms with Crippen LogP contribution in [0.4, 0.5) is 10.8 Å². The Labute approximate surface area is 228 Å². The first-order valence-electron chi connectivity index (χ1n) is 11.1. The molecule has 10 heteroatoms. The molecule has 0 saturated heterocycles. The lowest BCUT2D eigenvalue weighted by Gasteiger charge is -2.21. The van der Waals surface area contributed by atoms with Gasteiger partial charge >= 0.3 is 0 Å². The largest absolute Gasteiger partial charge is 0.337 e. The summed E-state index contributed by atoms with van der Waals surface area (Å²) in [6.07, 6.45) is 2.36. The van der Waals surface area contributed by atoms with Crippen molar-refractivity contribution < 1.29 is 9.59 Å². The number of amides is 2. The van der Waals surface area contributed by atoms with Crippen LogP contribution < -0.4 is 4.90 Å². The van der Waals surface area contributed by atoms with Gasteiger partial charge in [0.1, 0.15) is 5.69 Å². The molecule has 184 valence electrons. The van der Waals surface area contributed by atoms with Gasteiger partial charge in [-0.15, -0.1) is 11.3 Å². The van der Waals surface area contributed by atoms with Gasteiger partial charge in [0.25, 0.3) is 11.8 Å². The van der Waals surface area contributed by atoms with Crippen molar-refractivity contribution in [2.75, 3.05) is 18.0 Å². The van der Waals surface area contributed by atoms with Crippen LogP contribution in [-0.4, -0.2) is 39.8 Å². The highest BCUT2D eigenvalue weighted by Gasteiger charge is 2.27. The van der Waals surface area contributed by atoms with E-state index in [2.05, 4.69) is 9.97 Å². The Kier molecular flexibility index (Phi) is 8.59. The van der Waals surface area contributed by atoms with Crippen molar-refractivity contribution in [3.8, 4) is 0 Å². The van der Waals surface area contributed by atoms with E-state index in [1.165, 1.54) is 22.3 Å². The number of anilines is 2. The Morgan fingerprint density at radius 3 is 2.36 bits per heavy atom. The number of thiazole rings is 1. The second-order valence-corrected chi connectivity index (χ2v) is 9.83. The quantitative estimate of drug-likeness (QED) is 0.229. The Balaban J connectivity index is 1.63. The van der Waals surface area contributed by atoms with Gasteiger partial charge in [-0.25, -0.2) is 4.98 Å². The van der Waals surface area contributed by atoms with Crippen molar-refractivity contribution in [2.45, 2.75) is 13.3 Å². The summed E-state index contributed by atoms with van der Waals surface area (Å²) in [6, 6.07) is 17.1. The van der Waals surface area contributed by atoms with Crippen LogP contribution in [0.2, 0.25) is 15.1 Å². The number of nitrogens with zero attached hydrogens (tertiary/aromatic N) is 4. The van der Waals surface area contributed by atoms with E-state index < -0.39 is 5.91 Å². The number of benzene rings is 2. The zero-order chi connectivity index (χ0) is 25.7. The summed E-state index contributed by atoms with van der Waals surface area (Å²) in [5, 5.41) is 3.14.